The molecule has 0 saturated carbocycles. The summed E-state index contributed by atoms with van der Waals surface area (Å²) in [5.74, 6) is 1.25. The topological polar surface area (TPSA) is 116 Å². The van der Waals surface area contributed by atoms with Gasteiger partial charge in [0.1, 0.15) is 5.82 Å². The summed E-state index contributed by atoms with van der Waals surface area (Å²) in [6.07, 6.45) is 1.86. The predicted molar refractivity (Wildman–Crippen MR) is 109 cm³/mol. The molecule has 1 aliphatic rings. The third kappa shape index (κ3) is 3.94. The molecule has 2 N–H and O–H groups in total. The summed E-state index contributed by atoms with van der Waals surface area (Å²) in [5.41, 5.74) is 7.38. The van der Waals surface area contributed by atoms with E-state index < -0.39 is 5.91 Å². The first-order chi connectivity index (χ1) is 13.7. The van der Waals surface area contributed by atoms with Crippen LogP contribution in [0.2, 0.25) is 0 Å². The van der Waals surface area contributed by atoms with Gasteiger partial charge in [-0.05, 0) is 52.7 Å². The Kier molecular flexibility index (Phi) is 4.76. The van der Waals surface area contributed by atoms with E-state index in [9.17, 15) is 4.79 Å². The molecule has 0 spiro atoms. The third-order valence-corrected chi connectivity index (χ3v) is 5.16. The minimum atomic E-state index is -0.419. The van der Waals surface area contributed by atoms with Crippen molar-refractivity contribution < 1.29 is 9.21 Å². The Morgan fingerprint density at radius 2 is 1.93 bits per heavy atom. The normalized spacial score (nSPS) is 15.9. The molecule has 154 valence electrons. The second-order valence-electron chi connectivity index (χ2n) is 8.64. The zero-order chi connectivity index (χ0) is 20.8. The number of carbonyl (C=O) groups excluding carboxylic acids is 1. The summed E-state index contributed by atoms with van der Waals surface area (Å²) in [7, 11) is 0. The van der Waals surface area contributed by atoms with E-state index in [1.165, 1.54) is 0 Å². The SMILES string of the molecule is Cc1ccc2oc(N3CCC(c4nc(CC(N)=O)nn4C(C)(C)C)CC3)nc2n1. The molecule has 1 aliphatic heterocycles. The molecule has 3 aromatic rings. The summed E-state index contributed by atoms with van der Waals surface area (Å²) in [5, 5.41) is 4.56. The van der Waals surface area contributed by atoms with Crippen molar-refractivity contribution in [3.8, 4) is 0 Å². The maximum Gasteiger partial charge on any atom is 0.299 e. The summed E-state index contributed by atoms with van der Waals surface area (Å²) >= 11 is 0. The number of piperidine rings is 1. The molecule has 29 heavy (non-hydrogen) atoms. The number of pyridine rings is 1. The lowest BCUT2D eigenvalue weighted by atomic mass is 9.95. The van der Waals surface area contributed by atoms with Gasteiger partial charge in [-0.3, -0.25) is 4.79 Å². The molecule has 0 bridgehead atoms. The van der Waals surface area contributed by atoms with Gasteiger partial charge in [0.15, 0.2) is 11.4 Å². The van der Waals surface area contributed by atoms with Crippen LogP contribution in [0.4, 0.5) is 6.01 Å². The summed E-state index contributed by atoms with van der Waals surface area (Å²) in [6.45, 7) is 9.80. The number of aromatic nitrogens is 5. The Morgan fingerprint density at radius 1 is 1.21 bits per heavy atom. The van der Waals surface area contributed by atoms with Crippen molar-refractivity contribution in [2.75, 3.05) is 18.0 Å². The third-order valence-electron chi connectivity index (χ3n) is 5.16. The molecule has 0 radical (unpaired) electrons. The van der Waals surface area contributed by atoms with E-state index in [1.54, 1.807) is 0 Å². The zero-order valence-electron chi connectivity index (χ0n) is 17.3. The van der Waals surface area contributed by atoms with Crippen LogP contribution in [0.15, 0.2) is 16.5 Å². The number of carbonyl (C=O) groups is 1. The Balaban J connectivity index is 1.53. The second-order valence-corrected chi connectivity index (χ2v) is 8.64. The van der Waals surface area contributed by atoms with Crippen molar-refractivity contribution in [3.05, 3.63) is 29.5 Å². The highest BCUT2D eigenvalue weighted by Gasteiger charge is 2.31. The van der Waals surface area contributed by atoms with Gasteiger partial charge in [-0.15, -0.1) is 0 Å². The molecular weight excluding hydrogens is 370 g/mol. The summed E-state index contributed by atoms with van der Waals surface area (Å²) in [6, 6.07) is 4.45. The number of rotatable bonds is 4. The largest absolute Gasteiger partial charge is 0.422 e. The number of aryl methyl sites for hydroxylation is 1. The first-order valence-corrected chi connectivity index (χ1v) is 9.94. The monoisotopic (exact) mass is 397 g/mol. The first-order valence-electron chi connectivity index (χ1n) is 9.94. The van der Waals surface area contributed by atoms with Gasteiger partial charge >= 0.3 is 0 Å². The lowest BCUT2D eigenvalue weighted by molar-refractivity contribution is -0.117. The minimum Gasteiger partial charge on any atom is -0.422 e. The highest BCUT2D eigenvalue weighted by atomic mass is 16.4. The number of anilines is 1. The van der Waals surface area contributed by atoms with E-state index in [4.69, 9.17) is 10.2 Å². The molecule has 9 heteroatoms. The molecular formula is C20H27N7O2. The molecule has 0 aliphatic carbocycles. The van der Waals surface area contributed by atoms with Crippen molar-refractivity contribution in [2.45, 2.75) is 58.4 Å². The number of fused-ring (bicyclic) bond motifs is 1. The van der Waals surface area contributed by atoms with E-state index >= 15 is 0 Å². The molecule has 0 unspecified atom stereocenters. The van der Waals surface area contributed by atoms with Gasteiger partial charge in [-0.25, -0.2) is 14.6 Å². The van der Waals surface area contributed by atoms with Crippen LogP contribution in [-0.4, -0.2) is 43.7 Å². The van der Waals surface area contributed by atoms with Crippen LogP contribution >= 0.6 is 0 Å². The van der Waals surface area contributed by atoms with Gasteiger partial charge in [0.25, 0.3) is 6.01 Å². The maximum absolute atomic E-state index is 11.3. The zero-order valence-corrected chi connectivity index (χ0v) is 17.3. The predicted octanol–water partition coefficient (Wildman–Crippen LogP) is 2.29. The Bertz CT molecular complexity index is 1040. The number of oxazole rings is 1. The van der Waals surface area contributed by atoms with Crippen molar-refractivity contribution in [2.24, 2.45) is 5.73 Å². The smallest absolute Gasteiger partial charge is 0.299 e. The molecule has 4 heterocycles. The van der Waals surface area contributed by atoms with Crippen LogP contribution < -0.4 is 10.6 Å². The van der Waals surface area contributed by atoms with E-state index in [0.29, 0.717) is 23.1 Å². The van der Waals surface area contributed by atoms with E-state index in [0.717, 1.165) is 37.4 Å². The molecule has 1 amide bonds. The van der Waals surface area contributed by atoms with Crippen molar-refractivity contribution in [1.82, 2.24) is 24.7 Å². The molecule has 4 rings (SSSR count). The van der Waals surface area contributed by atoms with Crippen molar-refractivity contribution >= 4 is 23.2 Å². The molecule has 3 aromatic heterocycles. The van der Waals surface area contributed by atoms with Gasteiger partial charge in [0.2, 0.25) is 11.6 Å². The van der Waals surface area contributed by atoms with Crippen LogP contribution in [-0.2, 0) is 16.8 Å². The van der Waals surface area contributed by atoms with Gasteiger partial charge in [-0.2, -0.15) is 10.1 Å². The Morgan fingerprint density at radius 3 is 2.59 bits per heavy atom. The highest BCUT2D eigenvalue weighted by Crippen LogP contribution is 2.32. The fraction of sp³-hybridized carbons (Fsp3) is 0.550. The molecule has 0 atom stereocenters. The number of nitrogens with zero attached hydrogens (tertiary/aromatic N) is 6. The van der Waals surface area contributed by atoms with Crippen LogP contribution in [0.3, 0.4) is 0 Å². The quantitative estimate of drug-likeness (QED) is 0.718. The standard InChI is InChI=1S/C20H27N7O2/c1-12-5-6-14-17(22-12)24-19(29-14)26-9-7-13(8-10-26)18-23-16(11-15(21)28)25-27(18)20(2,3)4/h5-6,13H,7-11H2,1-4H3,(H2,21,28). The first kappa shape index (κ1) is 19.4. The highest BCUT2D eigenvalue weighted by molar-refractivity contribution is 5.75. The van der Waals surface area contributed by atoms with Gasteiger partial charge in [-0.1, -0.05) is 0 Å². The lowest BCUT2D eigenvalue weighted by Crippen LogP contribution is -2.35. The fourth-order valence-corrected chi connectivity index (χ4v) is 3.72. The number of hydrogen-bond acceptors (Lipinski definition) is 7. The second kappa shape index (κ2) is 7.13. The van der Waals surface area contributed by atoms with Crippen LogP contribution in [0.5, 0.6) is 0 Å². The number of hydrogen-bond donors (Lipinski definition) is 1. The van der Waals surface area contributed by atoms with Crippen molar-refractivity contribution in [1.29, 1.82) is 0 Å². The molecule has 0 aromatic carbocycles. The Hall–Kier alpha value is -2.97. The molecule has 9 nitrogen and oxygen atoms in total. The van der Waals surface area contributed by atoms with Gasteiger partial charge < -0.3 is 15.1 Å². The van der Waals surface area contributed by atoms with E-state index in [-0.39, 0.29) is 17.9 Å². The summed E-state index contributed by atoms with van der Waals surface area (Å²) in [4.78, 5) is 27.1. The minimum absolute atomic E-state index is 0.0598. The number of primary amides is 1. The van der Waals surface area contributed by atoms with Gasteiger partial charge in [0.05, 0.1) is 12.0 Å². The average molecular weight is 397 g/mol. The number of amides is 1. The van der Waals surface area contributed by atoms with Gasteiger partial charge in [0, 0.05) is 24.7 Å². The van der Waals surface area contributed by atoms with Crippen LogP contribution in [0, 0.1) is 6.92 Å². The number of nitrogens with two attached hydrogens (primary N) is 1. The fourth-order valence-electron chi connectivity index (χ4n) is 3.72. The van der Waals surface area contributed by atoms with Crippen LogP contribution in [0.1, 0.15) is 56.9 Å². The maximum atomic E-state index is 11.3. The summed E-state index contributed by atoms with van der Waals surface area (Å²) < 4.78 is 7.84. The Labute approximate surface area is 169 Å². The van der Waals surface area contributed by atoms with Crippen LogP contribution in [0.25, 0.3) is 11.2 Å². The average Bonchev–Trinajstić information content (AvgIpc) is 3.25. The molecule has 1 saturated heterocycles. The van der Waals surface area contributed by atoms with Crippen molar-refractivity contribution in [3.63, 3.8) is 0 Å². The van der Waals surface area contributed by atoms with E-state index in [1.807, 2.05) is 23.7 Å². The lowest BCUT2D eigenvalue weighted by Gasteiger charge is -2.32. The van der Waals surface area contributed by atoms with E-state index in [2.05, 4.69) is 45.7 Å². The molecule has 1 fully saturated rings.